The third-order valence-electron chi connectivity index (χ3n) is 3.57. The Morgan fingerprint density at radius 3 is 2.57 bits per heavy atom. The molecule has 3 rings (SSSR count). The van der Waals surface area contributed by atoms with Gasteiger partial charge in [0.25, 0.3) is 0 Å². The third kappa shape index (κ3) is 3.15. The number of halogens is 3. The van der Waals surface area contributed by atoms with Crippen LogP contribution in [0.3, 0.4) is 0 Å². The van der Waals surface area contributed by atoms with Gasteiger partial charge in [-0.25, -0.2) is 0 Å². The van der Waals surface area contributed by atoms with Crippen LogP contribution < -0.4 is 10.6 Å². The molecule has 0 bridgehead atoms. The van der Waals surface area contributed by atoms with Crippen molar-refractivity contribution in [2.75, 3.05) is 10.6 Å². The number of thiophene rings is 1. The van der Waals surface area contributed by atoms with Crippen molar-refractivity contribution in [1.29, 1.82) is 0 Å². The van der Waals surface area contributed by atoms with Gasteiger partial charge in [-0.3, -0.25) is 0 Å². The highest BCUT2D eigenvalue weighted by Gasteiger charge is 2.35. The lowest BCUT2D eigenvalue weighted by Crippen LogP contribution is -2.25. The zero-order valence-corrected chi connectivity index (χ0v) is 12.0. The van der Waals surface area contributed by atoms with Gasteiger partial charge in [-0.05, 0) is 42.5 Å². The molecule has 1 aromatic heterocycles. The molecule has 2 N–H and O–H groups in total. The predicted octanol–water partition coefficient (Wildman–Crippen LogP) is 4.52. The summed E-state index contributed by atoms with van der Waals surface area (Å²) >= 11 is 1.62. The van der Waals surface area contributed by atoms with Gasteiger partial charge >= 0.3 is 6.18 Å². The first kappa shape index (κ1) is 14.3. The van der Waals surface area contributed by atoms with E-state index in [1.54, 1.807) is 17.4 Å². The molecule has 2 nitrogen and oxygen atoms in total. The molecule has 1 fully saturated rings. The smallest absolute Gasteiger partial charge is 0.398 e. The zero-order valence-electron chi connectivity index (χ0n) is 11.2. The summed E-state index contributed by atoms with van der Waals surface area (Å²) in [6.45, 7) is 0.642. The van der Waals surface area contributed by atoms with Crippen LogP contribution in [0.5, 0.6) is 0 Å². The van der Waals surface area contributed by atoms with Gasteiger partial charge in [0.05, 0.1) is 12.1 Å². The van der Waals surface area contributed by atoms with Crippen LogP contribution in [-0.2, 0) is 12.7 Å². The number of anilines is 2. The summed E-state index contributed by atoms with van der Waals surface area (Å²) in [4.78, 5) is 3.19. The summed E-state index contributed by atoms with van der Waals surface area (Å²) in [7, 11) is 0. The van der Waals surface area contributed by atoms with E-state index >= 15 is 0 Å². The quantitative estimate of drug-likeness (QED) is 0.841. The van der Waals surface area contributed by atoms with Crippen molar-refractivity contribution in [3.05, 3.63) is 46.2 Å². The fourth-order valence-electron chi connectivity index (χ4n) is 2.36. The Hall–Kier alpha value is -1.69. The third-order valence-corrected chi connectivity index (χ3v) is 4.43. The molecule has 21 heavy (non-hydrogen) atoms. The molecule has 2 aromatic rings. The number of alkyl halides is 3. The standard InChI is InChI=1S/C15H15F3N2S/c16-15(17,18)13-8-11(5-6-14(13)19)20(10-3-4-10)9-12-2-1-7-21-12/h1-2,5-8,10H,3-4,9,19H2. The highest BCUT2D eigenvalue weighted by Crippen LogP contribution is 2.39. The first-order chi connectivity index (χ1) is 9.95. The number of hydrogen-bond donors (Lipinski definition) is 1. The van der Waals surface area contributed by atoms with Crippen molar-refractivity contribution in [3.63, 3.8) is 0 Å². The fourth-order valence-corrected chi connectivity index (χ4v) is 3.06. The number of rotatable bonds is 4. The molecule has 1 heterocycles. The molecule has 0 unspecified atom stereocenters. The first-order valence-corrected chi connectivity index (χ1v) is 7.59. The van der Waals surface area contributed by atoms with Crippen LogP contribution in [-0.4, -0.2) is 6.04 Å². The van der Waals surface area contributed by atoms with E-state index in [1.807, 2.05) is 22.4 Å². The van der Waals surface area contributed by atoms with Gasteiger partial charge in [-0.15, -0.1) is 11.3 Å². The average molecular weight is 312 g/mol. The van der Waals surface area contributed by atoms with E-state index in [0.717, 1.165) is 17.7 Å². The molecule has 1 aliphatic carbocycles. The SMILES string of the molecule is Nc1ccc(N(Cc2cccs2)C2CC2)cc1C(F)(F)F. The Morgan fingerprint density at radius 1 is 1.24 bits per heavy atom. The van der Waals surface area contributed by atoms with Crippen LogP contribution in [0.2, 0.25) is 0 Å². The molecule has 6 heteroatoms. The second-order valence-electron chi connectivity index (χ2n) is 5.21. The minimum Gasteiger partial charge on any atom is -0.398 e. The zero-order chi connectivity index (χ0) is 15.0. The summed E-state index contributed by atoms with van der Waals surface area (Å²) in [6, 6.07) is 8.48. The van der Waals surface area contributed by atoms with Gasteiger partial charge in [0.2, 0.25) is 0 Å². The monoisotopic (exact) mass is 312 g/mol. The van der Waals surface area contributed by atoms with Gasteiger partial charge in [0.15, 0.2) is 0 Å². The number of nitrogens with two attached hydrogens (primary N) is 1. The molecule has 0 amide bonds. The van der Waals surface area contributed by atoms with Crippen molar-refractivity contribution in [2.24, 2.45) is 0 Å². The van der Waals surface area contributed by atoms with Crippen molar-refractivity contribution < 1.29 is 13.2 Å². The minimum absolute atomic E-state index is 0.224. The second-order valence-corrected chi connectivity index (χ2v) is 6.24. The fraction of sp³-hybridized carbons (Fsp3) is 0.333. The van der Waals surface area contributed by atoms with Crippen LogP contribution in [0, 0.1) is 0 Å². The molecule has 0 saturated heterocycles. The Morgan fingerprint density at radius 2 is 2.00 bits per heavy atom. The molecular weight excluding hydrogens is 297 g/mol. The van der Waals surface area contributed by atoms with Crippen molar-refractivity contribution in [3.8, 4) is 0 Å². The van der Waals surface area contributed by atoms with E-state index in [0.29, 0.717) is 18.3 Å². The lowest BCUT2D eigenvalue weighted by Gasteiger charge is -2.25. The Kier molecular flexibility index (Phi) is 3.57. The maximum Gasteiger partial charge on any atom is 0.418 e. The average Bonchev–Trinajstić information content (AvgIpc) is 3.13. The number of hydrogen-bond acceptors (Lipinski definition) is 3. The number of benzene rings is 1. The molecular formula is C15H15F3N2S. The summed E-state index contributed by atoms with van der Waals surface area (Å²) in [5, 5.41) is 1.98. The largest absolute Gasteiger partial charge is 0.418 e. The first-order valence-electron chi connectivity index (χ1n) is 6.71. The van der Waals surface area contributed by atoms with Crippen molar-refractivity contribution in [2.45, 2.75) is 31.6 Å². The molecule has 0 atom stereocenters. The van der Waals surface area contributed by atoms with Gasteiger partial charge in [0, 0.05) is 22.3 Å². The Balaban J connectivity index is 1.92. The van der Waals surface area contributed by atoms with E-state index in [9.17, 15) is 13.2 Å². The van der Waals surface area contributed by atoms with Crippen LogP contribution >= 0.6 is 11.3 Å². The summed E-state index contributed by atoms with van der Waals surface area (Å²) in [5.74, 6) is 0. The summed E-state index contributed by atoms with van der Waals surface area (Å²) in [6.07, 6.45) is -2.37. The van der Waals surface area contributed by atoms with Crippen LogP contribution in [0.25, 0.3) is 0 Å². The van der Waals surface area contributed by atoms with E-state index in [2.05, 4.69) is 0 Å². The van der Waals surface area contributed by atoms with Crippen LogP contribution in [0.4, 0.5) is 24.5 Å². The molecule has 0 radical (unpaired) electrons. The van der Waals surface area contributed by atoms with Gasteiger partial charge in [0.1, 0.15) is 0 Å². The second kappa shape index (κ2) is 5.26. The molecule has 112 valence electrons. The molecule has 0 aliphatic heterocycles. The maximum atomic E-state index is 13.0. The lowest BCUT2D eigenvalue weighted by atomic mass is 10.1. The van der Waals surface area contributed by atoms with E-state index in [4.69, 9.17) is 5.73 Å². The number of nitrogen functional groups attached to an aromatic ring is 1. The van der Waals surface area contributed by atoms with E-state index in [1.165, 1.54) is 12.1 Å². The van der Waals surface area contributed by atoms with Crippen LogP contribution in [0.1, 0.15) is 23.3 Å². The van der Waals surface area contributed by atoms with Gasteiger partial charge in [-0.1, -0.05) is 6.07 Å². The summed E-state index contributed by atoms with van der Waals surface area (Å²) in [5.41, 5.74) is 5.08. The molecule has 1 aromatic carbocycles. The maximum absolute atomic E-state index is 13.0. The highest BCUT2D eigenvalue weighted by molar-refractivity contribution is 7.09. The molecule has 0 spiro atoms. The van der Waals surface area contributed by atoms with Crippen molar-refractivity contribution in [1.82, 2.24) is 0 Å². The summed E-state index contributed by atoms with van der Waals surface area (Å²) < 4.78 is 39.0. The predicted molar refractivity (Wildman–Crippen MR) is 79.4 cm³/mol. The van der Waals surface area contributed by atoms with Crippen molar-refractivity contribution >= 4 is 22.7 Å². The topological polar surface area (TPSA) is 29.3 Å². The normalized spacial score (nSPS) is 15.2. The Bertz CT molecular complexity index is 618. The molecule has 1 aliphatic rings. The van der Waals surface area contributed by atoms with E-state index < -0.39 is 11.7 Å². The van der Waals surface area contributed by atoms with E-state index in [-0.39, 0.29) is 5.69 Å². The number of nitrogens with zero attached hydrogens (tertiary/aromatic N) is 1. The minimum atomic E-state index is -4.42. The lowest BCUT2D eigenvalue weighted by molar-refractivity contribution is -0.136. The highest BCUT2D eigenvalue weighted by atomic mass is 32.1. The van der Waals surface area contributed by atoms with Crippen LogP contribution in [0.15, 0.2) is 35.7 Å². The van der Waals surface area contributed by atoms with Gasteiger partial charge in [-0.2, -0.15) is 13.2 Å². The molecule has 1 saturated carbocycles. The Labute approximate surface area is 125 Å². The van der Waals surface area contributed by atoms with Gasteiger partial charge < -0.3 is 10.6 Å².